The van der Waals surface area contributed by atoms with Crippen molar-refractivity contribution in [3.63, 3.8) is 0 Å². The van der Waals surface area contributed by atoms with Crippen molar-refractivity contribution in [2.24, 2.45) is 0 Å². The summed E-state index contributed by atoms with van der Waals surface area (Å²) in [5.74, 6) is 0.315. The molecule has 2 aromatic carbocycles. The summed E-state index contributed by atoms with van der Waals surface area (Å²) in [5, 5.41) is 1.15. The van der Waals surface area contributed by atoms with Gasteiger partial charge < -0.3 is 18.8 Å². The van der Waals surface area contributed by atoms with Crippen LogP contribution in [-0.2, 0) is 21.8 Å². The molecule has 1 fully saturated rings. The predicted octanol–water partition coefficient (Wildman–Crippen LogP) is 5.64. The smallest absolute Gasteiger partial charge is 0.215 e. The van der Waals surface area contributed by atoms with Crippen LogP contribution >= 0.6 is 39.1 Å². The second-order valence-corrected chi connectivity index (χ2v) is 7.65. The van der Waals surface area contributed by atoms with Crippen LogP contribution in [0.5, 0.6) is 11.5 Å². The largest absolute Gasteiger partial charge is 0.457 e. The number of rotatable bonds is 5. The molecular weight excluding hydrogens is 455 g/mol. The Labute approximate surface area is 174 Å². The van der Waals surface area contributed by atoms with E-state index in [1.54, 1.807) is 42.9 Å². The molecule has 1 saturated heterocycles. The van der Waals surface area contributed by atoms with E-state index in [1.165, 1.54) is 0 Å². The number of benzene rings is 2. The molecule has 1 aromatic heterocycles. The lowest BCUT2D eigenvalue weighted by Crippen LogP contribution is -2.33. The highest BCUT2D eigenvalue weighted by atomic mass is 79.9. The topological polar surface area (TPSA) is 45.5 Å². The first-order valence-electron chi connectivity index (χ1n) is 8.23. The summed E-state index contributed by atoms with van der Waals surface area (Å²) in [5.41, 5.74) is 0.741. The predicted molar refractivity (Wildman–Crippen MR) is 106 cm³/mol. The second kappa shape index (κ2) is 7.81. The zero-order chi connectivity index (χ0) is 18.9. The first-order valence-corrected chi connectivity index (χ1v) is 9.78. The highest BCUT2D eigenvalue weighted by Gasteiger charge is 2.41. The monoisotopic (exact) mass is 468 g/mol. The maximum Gasteiger partial charge on any atom is 0.215 e. The van der Waals surface area contributed by atoms with Crippen LogP contribution in [0.2, 0.25) is 10.0 Å². The lowest BCUT2D eigenvalue weighted by atomic mass is 10.1. The Morgan fingerprint density at radius 1 is 1.07 bits per heavy atom. The number of halogens is 3. The van der Waals surface area contributed by atoms with E-state index >= 15 is 0 Å². The van der Waals surface area contributed by atoms with Crippen molar-refractivity contribution in [2.45, 2.75) is 12.3 Å². The summed E-state index contributed by atoms with van der Waals surface area (Å²) in [7, 11) is 0. The van der Waals surface area contributed by atoms with Crippen molar-refractivity contribution < 1.29 is 14.2 Å². The molecule has 1 aliphatic rings. The minimum absolute atomic E-state index is 0.421. The van der Waals surface area contributed by atoms with Gasteiger partial charge in [-0.2, -0.15) is 0 Å². The Kier molecular flexibility index (Phi) is 5.43. The maximum atomic E-state index is 6.57. The molecule has 27 heavy (non-hydrogen) atoms. The number of ether oxygens (including phenoxy) is 3. The van der Waals surface area contributed by atoms with Gasteiger partial charge in [-0.15, -0.1) is 0 Å². The SMILES string of the molecule is Clc1ccc(Oc2ccc(C3(Cn4cncc4Br)OCCO3)c(Cl)c2)cc1. The Balaban J connectivity index is 1.61. The molecule has 0 radical (unpaired) electrons. The van der Waals surface area contributed by atoms with Crippen molar-refractivity contribution in [3.8, 4) is 11.5 Å². The van der Waals surface area contributed by atoms with E-state index in [4.69, 9.17) is 37.4 Å². The van der Waals surface area contributed by atoms with E-state index in [0.717, 1.165) is 10.2 Å². The average Bonchev–Trinajstić information content (AvgIpc) is 3.28. The number of hydrogen-bond donors (Lipinski definition) is 0. The molecule has 2 heterocycles. The van der Waals surface area contributed by atoms with E-state index in [1.807, 2.05) is 16.7 Å². The van der Waals surface area contributed by atoms with Crippen LogP contribution in [0.15, 0.2) is 59.6 Å². The third kappa shape index (κ3) is 4.00. The molecule has 0 aliphatic carbocycles. The molecule has 0 amide bonds. The van der Waals surface area contributed by atoms with Crippen molar-refractivity contribution in [1.82, 2.24) is 9.55 Å². The molecule has 5 nitrogen and oxygen atoms in total. The molecule has 0 saturated carbocycles. The first-order chi connectivity index (χ1) is 13.1. The normalized spacial score (nSPS) is 15.8. The van der Waals surface area contributed by atoms with Crippen LogP contribution in [0, 0.1) is 0 Å². The van der Waals surface area contributed by atoms with Gasteiger partial charge in [0, 0.05) is 10.6 Å². The molecular formula is C19H15BrCl2N2O3. The fraction of sp³-hybridized carbons (Fsp3) is 0.211. The number of aromatic nitrogens is 2. The maximum absolute atomic E-state index is 6.57. The van der Waals surface area contributed by atoms with Crippen LogP contribution in [0.4, 0.5) is 0 Å². The molecule has 3 aromatic rings. The molecule has 0 bridgehead atoms. The lowest BCUT2D eigenvalue weighted by molar-refractivity contribution is -0.176. The molecule has 0 spiro atoms. The summed E-state index contributed by atoms with van der Waals surface area (Å²) in [6.07, 6.45) is 3.43. The first kappa shape index (κ1) is 18.8. The quantitative estimate of drug-likeness (QED) is 0.484. The Morgan fingerprint density at radius 2 is 1.78 bits per heavy atom. The molecule has 140 valence electrons. The Hall–Kier alpha value is -1.57. The number of nitrogens with zero attached hydrogens (tertiary/aromatic N) is 2. The molecule has 8 heteroatoms. The minimum Gasteiger partial charge on any atom is -0.457 e. The van der Waals surface area contributed by atoms with Crippen molar-refractivity contribution in [2.75, 3.05) is 13.2 Å². The number of hydrogen-bond acceptors (Lipinski definition) is 4. The lowest BCUT2D eigenvalue weighted by Gasteiger charge is -2.29. The molecule has 0 atom stereocenters. The van der Waals surface area contributed by atoms with Crippen molar-refractivity contribution >= 4 is 39.1 Å². The van der Waals surface area contributed by atoms with Crippen LogP contribution < -0.4 is 4.74 Å². The van der Waals surface area contributed by atoms with Crippen molar-refractivity contribution in [3.05, 3.63) is 75.2 Å². The van der Waals surface area contributed by atoms with Crippen LogP contribution in [0.25, 0.3) is 0 Å². The minimum atomic E-state index is -0.973. The zero-order valence-electron chi connectivity index (χ0n) is 14.1. The van der Waals surface area contributed by atoms with E-state index < -0.39 is 5.79 Å². The molecule has 4 rings (SSSR count). The molecule has 0 unspecified atom stereocenters. The van der Waals surface area contributed by atoms with Crippen LogP contribution in [0.3, 0.4) is 0 Å². The Morgan fingerprint density at radius 3 is 2.41 bits per heavy atom. The summed E-state index contributed by atoms with van der Waals surface area (Å²) < 4.78 is 20.5. The van der Waals surface area contributed by atoms with Gasteiger partial charge in [-0.25, -0.2) is 4.98 Å². The van der Waals surface area contributed by atoms with Gasteiger partial charge in [-0.1, -0.05) is 23.2 Å². The van der Waals surface area contributed by atoms with Gasteiger partial charge in [0.2, 0.25) is 5.79 Å². The standard InChI is InChI=1S/C19H15BrCl2N2O3/c20-18-10-23-12-24(18)11-19(25-7-8-26-19)16-6-5-15(9-17(16)22)27-14-3-1-13(21)2-4-14/h1-6,9-10,12H,7-8,11H2. The van der Waals surface area contributed by atoms with Gasteiger partial charge >= 0.3 is 0 Å². The van der Waals surface area contributed by atoms with E-state index in [9.17, 15) is 0 Å². The fourth-order valence-electron chi connectivity index (χ4n) is 2.94. The third-order valence-electron chi connectivity index (χ3n) is 4.19. The van der Waals surface area contributed by atoms with Gasteiger partial charge in [-0.3, -0.25) is 0 Å². The Bertz CT molecular complexity index is 940. The van der Waals surface area contributed by atoms with Gasteiger partial charge in [0.05, 0.1) is 37.3 Å². The van der Waals surface area contributed by atoms with E-state index in [-0.39, 0.29) is 0 Å². The van der Waals surface area contributed by atoms with Crippen LogP contribution in [-0.4, -0.2) is 22.8 Å². The fourth-order valence-corrected chi connectivity index (χ4v) is 3.71. The van der Waals surface area contributed by atoms with Gasteiger partial charge in [0.1, 0.15) is 16.1 Å². The second-order valence-electron chi connectivity index (χ2n) is 5.99. The summed E-state index contributed by atoms with van der Waals surface area (Å²) >= 11 is 15.9. The molecule has 1 aliphatic heterocycles. The average molecular weight is 470 g/mol. The van der Waals surface area contributed by atoms with Crippen LogP contribution in [0.1, 0.15) is 5.56 Å². The highest BCUT2D eigenvalue weighted by Crippen LogP contribution is 2.40. The van der Waals surface area contributed by atoms with Gasteiger partial charge in [-0.05, 0) is 58.4 Å². The number of imidazole rings is 1. The van der Waals surface area contributed by atoms with Gasteiger partial charge in [0.25, 0.3) is 0 Å². The van der Waals surface area contributed by atoms with E-state index in [2.05, 4.69) is 20.9 Å². The summed E-state index contributed by atoms with van der Waals surface area (Å²) in [6.45, 7) is 1.40. The molecule has 0 N–H and O–H groups in total. The van der Waals surface area contributed by atoms with E-state index in [0.29, 0.717) is 41.3 Å². The highest BCUT2D eigenvalue weighted by molar-refractivity contribution is 9.10. The van der Waals surface area contributed by atoms with Crippen molar-refractivity contribution in [1.29, 1.82) is 0 Å². The summed E-state index contributed by atoms with van der Waals surface area (Å²) in [6, 6.07) is 12.6. The third-order valence-corrected chi connectivity index (χ3v) is 5.42. The summed E-state index contributed by atoms with van der Waals surface area (Å²) in [4.78, 5) is 4.12. The van der Waals surface area contributed by atoms with Gasteiger partial charge in [0.15, 0.2) is 0 Å². The zero-order valence-corrected chi connectivity index (χ0v) is 17.2.